The van der Waals surface area contributed by atoms with Crippen molar-refractivity contribution in [3.63, 3.8) is 0 Å². The monoisotopic (exact) mass is 403 g/mol. The number of aromatic nitrogens is 2. The largest absolute Gasteiger partial charge is 0.416 e. The van der Waals surface area contributed by atoms with E-state index < -0.39 is 11.7 Å². The van der Waals surface area contributed by atoms with E-state index in [4.69, 9.17) is 0 Å². The zero-order valence-electron chi connectivity index (χ0n) is 14.8. The zero-order valence-corrected chi connectivity index (χ0v) is 15.6. The third kappa shape index (κ3) is 5.32. The minimum absolute atomic E-state index is 0.278. The standard InChI is InChI=1S/C20H16F3N3OS/c1-13-2-6-15(7-3-13)19(27)24-17-10-11-18(26-25-17)28-12-14-4-8-16(9-5-14)20(21,22)23/h2-11H,12H2,1H3,(H,24,25,27). The van der Waals surface area contributed by atoms with Gasteiger partial charge in [-0.2, -0.15) is 13.2 Å². The molecule has 0 aliphatic carbocycles. The van der Waals surface area contributed by atoms with Gasteiger partial charge in [-0.25, -0.2) is 0 Å². The lowest BCUT2D eigenvalue weighted by Gasteiger charge is -2.07. The van der Waals surface area contributed by atoms with Crippen molar-refractivity contribution in [2.75, 3.05) is 5.32 Å². The predicted molar refractivity (Wildman–Crippen MR) is 102 cm³/mol. The first-order chi connectivity index (χ1) is 13.3. The van der Waals surface area contributed by atoms with Gasteiger partial charge in [0.2, 0.25) is 0 Å². The van der Waals surface area contributed by atoms with Crippen LogP contribution in [0.4, 0.5) is 19.0 Å². The van der Waals surface area contributed by atoms with Crippen molar-refractivity contribution in [2.45, 2.75) is 23.9 Å². The number of nitrogens with one attached hydrogen (secondary N) is 1. The van der Waals surface area contributed by atoms with E-state index in [1.165, 1.54) is 23.9 Å². The van der Waals surface area contributed by atoms with E-state index in [9.17, 15) is 18.0 Å². The van der Waals surface area contributed by atoms with Crippen LogP contribution in [-0.2, 0) is 11.9 Å². The van der Waals surface area contributed by atoms with E-state index in [0.717, 1.165) is 23.3 Å². The fourth-order valence-electron chi connectivity index (χ4n) is 2.30. The van der Waals surface area contributed by atoms with Crippen LogP contribution < -0.4 is 5.32 Å². The Balaban J connectivity index is 1.55. The zero-order chi connectivity index (χ0) is 20.1. The Morgan fingerprint density at radius 2 is 1.64 bits per heavy atom. The summed E-state index contributed by atoms with van der Waals surface area (Å²) in [5.41, 5.74) is 1.66. The van der Waals surface area contributed by atoms with E-state index in [1.54, 1.807) is 24.3 Å². The fraction of sp³-hybridized carbons (Fsp3) is 0.150. The van der Waals surface area contributed by atoms with Crippen LogP contribution in [0.2, 0.25) is 0 Å². The molecule has 0 radical (unpaired) electrons. The van der Waals surface area contributed by atoms with Crippen molar-refractivity contribution in [2.24, 2.45) is 0 Å². The Kier molecular flexibility index (Phi) is 5.99. The van der Waals surface area contributed by atoms with Crippen LogP contribution in [0.25, 0.3) is 0 Å². The van der Waals surface area contributed by atoms with Gasteiger partial charge in [-0.05, 0) is 48.9 Å². The number of hydrogen-bond acceptors (Lipinski definition) is 4. The topological polar surface area (TPSA) is 54.9 Å². The van der Waals surface area contributed by atoms with Crippen molar-refractivity contribution < 1.29 is 18.0 Å². The van der Waals surface area contributed by atoms with Crippen molar-refractivity contribution in [1.82, 2.24) is 10.2 Å². The van der Waals surface area contributed by atoms with Crippen LogP contribution >= 0.6 is 11.8 Å². The van der Waals surface area contributed by atoms with Gasteiger partial charge in [0.15, 0.2) is 5.82 Å². The van der Waals surface area contributed by atoms with Crippen LogP contribution in [-0.4, -0.2) is 16.1 Å². The summed E-state index contributed by atoms with van der Waals surface area (Å²) in [7, 11) is 0. The molecule has 0 aliphatic rings. The average molecular weight is 403 g/mol. The number of hydrogen-bond donors (Lipinski definition) is 1. The second-order valence-electron chi connectivity index (χ2n) is 6.06. The van der Waals surface area contributed by atoms with Crippen LogP contribution in [0.5, 0.6) is 0 Å². The van der Waals surface area contributed by atoms with Crippen LogP contribution in [0.3, 0.4) is 0 Å². The molecule has 0 atom stereocenters. The molecule has 0 spiro atoms. The van der Waals surface area contributed by atoms with Gasteiger partial charge >= 0.3 is 6.18 Å². The molecule has 28 heavy (non-hydrogen) atoms. The molecule has 0 bridgehead atoms. The van der Waals surface area contributed by atoms with Gasteiger partial charge in [0, 0.05) is 11.3 Å². The van der Waals surface area contributed by atoms with E-state index in [1.807, 2.05) is 19.1 Å². The smallest absolute Gasteiger partial charge is 0.305 e. The Morgan fingerprint density at radius 1 is 0.964 bits per heavy atom. The summed E-state index contributed by atoms with van der Waals surface area (Å²) in [5.74, 6) is 0.505. The summed E-state index contributed by atoms with van der Waals surface area (Å²) < 4.78 is 37.7. The number of amides is 1. The second-order valence-corrected chi connectivity index (χ2v) is 7.06. The van der Waals surface area contributed by atoms with E-state index in [0.29, 0.717) is 22.2 Å². The number of benzene rings is 2. The molecule has 0 saturated carbocycles. The minimum atomic E-state index is -4.34. The van der Waals surface area contributed by atoms with Crippen molar-refractivity contribution in [1.29, 1.82) is 0 Å². The number of nitrogens with zero attached hydrogens (tertiary/aromatic N) is 2. The first-order valence-corrected chi connectivity index (χ1v) is 9.30. The summed E-state index contributed by atoms with van der Waals surface area (Å²) in [6.07, 6.45) is -4.34. The maximum absolute atomic E-state index is 12.6. The summed E-state index contributed by atoms with van der Waals surface area (Å²) in [4.78, 5) is 12.2. The lowest BCUT2D eigenvalue weighted by atomic mass is 10.1. The highest BCUT2D eigenvalue weighted by atomic mass is 32.2. The molecule has 144 valence electrons. The van der Waals surface area contributed by atoms with Gasteiger partial charge in [0.25, 0.3) is 5.91 Å². The van der Waals surface area contributed by atoms with Gasteiger partial charge in [-0.1, -0.05) is 41.6 Å². The molecule has 0 saturated heterocycles. The van der Waals surface area contributed by atoms with Crippen LogP contribution in [0, 0.1) is 6.92 Å². The van der Waals surface area contributed by atoms with Crippen molar-refractivity contribution in [3.8, 4) is 0 Å². The first-order valence-electron chi connectivity index (χ1n) is 8.32. The number of carbonyl (C=O) groups excluding carboxylic acids is 1. The molecule has 2 aromatic carbocycles. The first kappa shape index (κ1) is 19.9. The quantitative estimate of drug-likeness (QED) is 0.584. The number of anilines is 1. The number of carbonyl (C=O) groups is 1. The average Bonchev–Trinajstić information content (AvgIpc) is 2.67. The minimum Gasteiger partial charge on any atom is -0.305 e. The molecule has 3 rings (SSSR count). The van der Waals surface area contributed by atoms with Crippen LogP contribution in [0.15, 0.2) is 65.7 Å². The number of rotatable bonds is 5. The fourth-order valence-corrected chi connectivity index (χ4v) is 3.07. The van der Waals surface area contributed by atoms with E-state index >= 15 is 0 Å². The number of aryl methyl sites for hydroxylation is 1. The SMILES string of the molecule is Cc1ccc(C(=O)Nc2ccc(SCc3ccc(C(F)(F)F)cc3)nn2)cc1. The lowest BCUT2D eigenvalue weighted by Crippen LogP contribution is -2.13. The third-order valence-corrected chi connectivity index (χ3v) is 4.85. The van der Waals surface area contributed by atoms with E-state index in [-0.39, 0.29) is 5.91 Å². The summed E-state index contributed by atoms with van der Waals surface area (Å²) in [6, 6.07) is 15.5. The highest BCUT2D eigenvalue weighted by molar-refractivity contribution is 7.98. The molecule has 1 N–H and O–H groups in total. The molecule has 4 nitrogen and oxygen atoms in total. The molecule has 3 aromatic rings. The molecule has 1 amide bonds. The second kappa shape index (κ2) is 8.43. The molecule has 0 fully saturated rings. The van der Waals surface area contributed by atoms with Gasteiger partial charge in [-0.3, -0.25) is 4.79 Å². The number of alkyl halides is 3. The highest BCUT2D eigenvalue weighted by Crippen LogP contribution is 2.30. The number of thioether (sulfide) groups is 1. The molecule has 1 aromatic heterocycles. The van der Waals surface area contributed by atoms with Gasteiger partial charge in [0.05, 0.1) is 5.56 Å². The Morgan fingerprint density at radius 3 is 2.21 bits per heavy atom. The molecule has 1 heterocycles. The Hall–Kier alpha value is -2.87. The molecule has 8 heteroatoms. The Labute approximate surface area is 164 Å². The van der Waals surface area contributed by atoms with Gasteiger partial charge in [-0.15, -0.1) is 10.2 Å². The van der Waals surface area contributed by atoms with Crippen LogP contribution in [0.1, 0.15) is 27.0 Å². The molecular formula is C20H16F3N3OS. The van der Waals surface area contributed by atoms with Gasteiger partial charge < -0.3 is 5.32 Å². The third-order valence-electron chi connectivity index (χ3n) is 3.86. The maximum Gasteiger partial charge on any atom is 0.416 e. The van der Waals surface area contributed by atoms with Crippen molar-refractivity contribution >= 4 is 23.5 Å². The molecule has 0 aliphatic heterocycles. The number of halogens is 3. The summed E-state index contributed by atoms with van der Waals surface area (Å²) in [5, 5.41) is 11.3. The summed E-state index contributed by atoms with van der Waals surface area (Å²) >= 11 is 1.34. The molecule has 0 unspecified atom stereocenters. The maximum atomic E-state index is 12.6. The van der Waals surface area contributed by atoms with E-state index in [2.05, 4.69) is 15.5 Å². The normalized spacial score (nSPS) is 11.3. The lowest BCUT2D eigenvalue weighted by molar-refractivity contribution is -0.137. The summed E-state index contributed by atoms with van der Waals surface area (Å²) in [6.45, 7) is 1.94. The van der Waals surface area contributed by atoms with Gasteiger partial charge in [0.1, 0.15) is 5.03 Å². The highest BCUT2D eigenvalue weighted by Gasteiger charge is 2.29. The molecular weight excluding hydrogens is 387 g/mol. The Bertz CT molecular complexity index is 940. The van der Waals surface area contributed by atoms with Crippen molar-refractivity contribution in [3.05, 3.63) is 82.9 Å². The predicted octanol–water partition coefficient (Wildman–Crippen LogP) is 5.35.